The molecule has 0 aromatic carbocycles. The molecule has 722 valence electrons. The van der Waals surface area contributed by atoms with Crippen molar-refractivity contribution in [2.45, 2.75) is 405 Å². The number of fused-ring (bicyclic) bond motifs is 12. The summed E-state index contributed by atoms with van der Waals surface area (Å²) in [5.41, 5.74) is 0.954. The van der Waals surface area contributed by atoms with Gasteiger partial charge in [0.2, 0.25) is 0 Å². The zero-order valence-corrected chi connectivity index (χ0v) is 93.8. The van der Waals surface area contributed by atoms with Crippen molar-refractivity contribution in [3.05, 3.63) is 0 Å². The molecule has 12 aliphatic carbocycles. The van der Waals surface area contributed by atoms with Crippen LogP contribution in [0.25, 0.3) is 0 Å². The van der Waals surface area contributed by atoms with Crippen LogP contribution in [-0.2, 0) is 79.7 Å². The van der Waals surface area contributed by atoms with Crippen LogP contribution in [0, 0.1) is 68.0 Å². The molecule has 0 N–H and O–H groups in total. The van der Waals surface area contributed by atoms with E-state index in [1.54, 1.807) is 0 Å². The molecule has 0 radical (unpaired) electrons. The van der Waals surface area contributed by atoms with Gasteiger partial charge in [-0.3, -0.25) is 0 Å². The molecule has 12 saturated carbocycles. The Hall–Kier alpha value is 2.68. The third-order valence-electron chi connectivity index (χ3n) is 32.9. The smallest absolute Gasteiger partial charge is 0.373 e. The minimum Gasteiger partial charge on any atom is -0.373 e. The van der Waals surface area contributed by atoms with Crippen molar-refractivity contribution in [2.24, 2.45) is 68.0 Å². The summed E-state index contributed by atoms with van der Waals surface area (Å²) < 4.78 is 122. The van der Waals surface area contributed by atoms with Gasteiger partial charge in [0, 0.05) is 119 Å². The largest absolute Gasteiger partial charge is 0.519 e. The number of rotatable bonds is 57. The van der Waals surface area contributed by atoms with Crippen LogP contribution in [0.5, 0.6) is 0 Å². The van der Waals surface area contributed by atoms with Gasteiger partial charge in [0.1, 0.15) is 26.2 Å². The first-order chi connectivity index (χ1) is 59.2. The van der Waals surface area contributed by atoms with E-state index in [4.69, 9.17) is 79.7 Å². The van der Waals surface area contributed by atoms with E-state index in [1.165, 1.54) is 122 Å². The summed E-state index contributed by atoms with van der Waals surface area (Å²) in [5, 5.41) is 0. The molecule has 18 unspecified atom stereocenters. The van der Waals surface area contributed by atoms with Gasteiger partial charge in [0.05, 0.1) is 0 Å². The first-order valence-corrected chi connectivity index (χ1v) is 67.6. The fourth-order valence-electron chi connectivity index (χ4n) is 28.5. The standard InChI is InChI=1S/3C30H58O6S2Si2.C3H8/c3*1-9-27-19-17-25(21-27)23-29(27,39(31-11-3,32-12-4)33-13-5)37-38-30(24-26-18-20-28(30,10-2)22-26)40(34-14-6,35-15-7)36-16-8;1-3-2/h3*25-26H,9-24H2,1-8H3;3H2,1-2H3. The van der Waals surface area contributed by atoms with Crippen molar-refractivity contribution in [1.82, 2.24) is 0 Å². The summed E-state index contributed by atoms with van der Waals surface area (Å²) in [6, 6.07) is 0. The zero-order valence-electron chi connectivity index (χ0n) is 82.9. The Morgan fingerprint density at radius 3 is 0.341 bits per heavy atom. The summed E-state index contributed by atoms with van der Waals surface area (Å²) in [6.45, 7) is 67.7. The van der Waals surface area contributed by atoms with Gasteiger partial charge < -0.3 is 79.7 Å². The number of hydrogen-bond donors (Lipinski definition) is 0. The Labute approximate surface area is 783 Å². The molecule has 0 heterocycles. The van der Waals surface area contributed by atoms with E-state index in [2.05, 4.69) is 245 Å². The Bertz CT molecular complexity index is 2550. The van der Waals surface area contributed by atoms with Crippen molar-refractivity contribution in [3.8, 4) is 0 Å². The van der Waals surface area contributed by atoms with Crippen LogP contribution in [0.3, 0.4) is 0 Å². The molecule has 0 spiro atoms. The van der Waals surface area contributed by atoms with Crippen LogP contribution >= 0.6 is 64.8 Å². The van der Waals surface area contributed by atoms with E-state index in [9.17, 15) is 0 Å². The quantitative estimate of drug-likeness (QED) is 0.0416. The van der Waals surface area contributed by atoms with Gasteiger partial charge in [-0.2, -0.15) is 0 Å². The molecule has 18 atom stereocenters. The lowest BCUT2D eigenvalue weighted by Gasteiger charge is -2.56. The second-order valence-electron chi connectivity index (χ2n) is 38.0. The number of hydrogen-bond acceptors (Lipinski definition) is 24. The third kappa shape index (κ3) is 18.6. The molecular formula is C93H182O18S6Si6. The van der Waals surface area contributed by atoms with Crippen molar-refractivity contribution < 1.29 is 79.7 Å². The molecule has 12 rings (SSSR count). The van der Waals surface area contributed by atoms with Gasteiger partial charge in [-0.15, -0.1) is 0 Å². The minimum absolute atomic E-state index is 0.159. The average molecular weight is 1950 g/mol. The lowest BCUT2D eigenvalue weighted by molar-refractivity contribution is 0.0336. The summed E-state index contributed by atoms with van der Waals surface area (Å²) >= 11 is 0. The molecular weight excluding hydrogens is 1770 g/mol. The van der Waals surface area contributed by atoms with Crippen molar-refractivity contribution in [1.29, 1.82) is 0 Å². The van der Waals surface area contributed by atoms with Crippen LogP contribution in [0.15, 0.2) is 0 Å². The fourth-order valence-corrected chi connectivity index (χ4v) is 76.6. The van der Waals surface area contributed by atoms with Crippen molar-refractivity contribution in [2.75, 3.05) is 119 Å². The van der Waals surface area contributed by atoms with Gasteiger partial charge in [-0.25, -0.2) is 0 Å². The normalized spacial score (nSPS) is 36.4. The Morgan fingerprint density at radius 2 is 0.268 bits per heavy atom. The van der Waals surface area contributed by atoms with Gasteiger partial charge in [-0.1, -0.05) is 127 Å². The average Bonchev–Trinajstić information content (AvgIpc) is 1.53. The first kappa shape index (κ1) is 109. The maximum Gasteiger partial charge on any atom is 0.519 e. The highest BCUT2D eigenvalue weighted by Crippen LogP contribution is 2.82. The predicted octanol–water partition coefficient (Wildman–Crippen LogP) is 26.1. The van der Waals surface area contributed by atoms with E-state index in [-0.39, 0.29) is 58.7 Å². The van der Waals surface area contributed by atoms with Gasteiger partial charge in [-0.05, 0) is 385 Å². The SMILES string of the molecule is CCC.CCO[Si](OCC)(OCC)C1(SSC2([Si](OCC)(OCC)OCC)CC3CCC2(CC)C3)CC2CCC1(CC)C2.CCO[Si](OCC)(OCC)C1(SSC2([Si](OCC)(OCC)OCC)CC3CCC2(CC)C3)CC2CCC1(CC)C2.CCO[Si](OCC)(OCC)C1(SSC2([Si](OCC)(OCC)OCC)CC3CCC2(CC)C3)CC2CCC1(CC)C2. The van der Waals surface area contributed by atoms with Crippen LogP contribution in [0.1, 0.15) is 379 Å². The van der Waals surface area contributed by atoms with Gasteiger partial charge in [0.25, 0.3) is 0 Å². The summed E-state index contributed by atoms with van der Waals surface area (Å²) in [6.07, 6.45) is 37.7. The third-order valence-corrected chi connectivity index (χ3v) is 75.7. The second-order valence-corrected chi connectivity index (χ2v) is 65.3. The highest BCUT2D eigenvalue weighted by Gasteiger charge is 2.85. The molecule has 18 nitrogen and oxygen atoms in total. The molecule has 0 amide bonds. The maximum atomic E-state index is 6.84. The van der Waals surface area contributed by atoms with E-state index in [1.807, 2.05) is 0 Å². The lowest BCUT2D eigenvalue weighted by Crippen LogP contribution is -2.71. The van der Waals surface area contributed by atoms with Crippen molar-refractivity contribution in [3.63, 3.8) is 0 Å². The van der Waals surface area contributed by atoms with Crippen LogP contribution < -0.4 is 0 Å². The second kappa shape index (κ2) is 46.9. The highest BCUT2D eigenvalue weighted by molar-refractivity contribution is 8.79. The van der Waals surface area contributed by atoms with Crippen LogP contribution in [0.4, 0.5) is 0 Å². The first-order valence-electron chi connectivity index (χ1n) is 50.8. The summed E-state index contributed by atoms with van der Waals surface area (Å²) in [4.78, 5) is 0. The van der Waals surface area contributed by atoms with E-state index in [0.717, 1.165) is 77.0 Å². The summed E-state index contributed by atoms with van der Waals surface area (Å²) in [5.74, 6) is 4.28. The van der Waals surface area contributed by atoms with Crippen molar-refractivity contribution >= 4 is 118 Å². The minimum atomic E-state index is -3.10. The molecule has 12 fully saturated rings. The molecule has 12 bridgehead atoms. The molecule has 0 aromatic rings. The molecule has 0 aromatic heterocycles. The monoisotopic (exact) mass is 1950 g/mol. The Balaban J connectivity index is 0.000000206. The molecule has 0 aliphatic heterocycles. The molecule has 30 heteroatoms. The zero-order chi connectivity index (χ0) is 90.1. The molecule has 12 aliphatic rings. The van der Waals surface area contributed by atoms with E-state index in [0.29, 0.717) is 154 Å². The topological polar surface area (TPSA) is 166 Å². The van der Waals surface area contributed by atoms with E-state index < -0.39 is 52.8 Å². The Morgan fingerprint density at radius 1 is 0.171 bits per heavy atom. The fraction of sp³-hybridized carbons (Fsp3) is 1.00. The molecule has 123 heavy (non-hydrogen) atoms. The molecule has 0 saturated heterocycles. The van der Waals surface area contributed by atoms with Gasteiger partial charge in [0.15, 0.2) is 0 Å². The lowest BCUT2D eigenvalue weighted by atomic mass is 9.80. The van der Waals surface area contributed by atoms with Gasteiger partial charge >= 0.3 is 52.8 Å². The van der Waals surface area contributed by atoms with Crippen LogP contribution in [0.2, 0.25) is 0 Å². The Kier molecular flexibility index (Phi) is 41.7. The van der Waals surface area contributed by atoms with E-state index >= 15 is 0 Å². The predicted molar refractivity (Wildman–Crippen MR) is 530 cm³/mol. The maximum absolute atomic E-state index is 6.84. The highest BCUT2D eigenvalue weighted by atomic mass is 33.1. The van der Waals surface area contributed by atoms with Crippen LogP contribution in [-0.4, -0.2) is 198 Å². The summed E-state index contributed by atoms with van der Waals surface area (Å²) in [7, 11) is -6.01.